The molecule has 2 N–H and O–H groups in total. The molecule has 0 aromatic heterocycles. The normalized spacial score (nSPS) is 12.0. The molecule has 4 heteroatoms. The first-order chi connectivity index (χ1) is 11.0. The van der Waals surface area contributed by atoms with Gasteiger partial charge in [-0.1, -0.05) is 25.1 Å². The number of aryl methyl sites for hydroxylation is 2. The zero-order valence-electron chi connectivity index (χ0n) is 13.7. The number of carboxylic acid groups (broad SMARTS) is 1. The number of hydrogen-bond donors (Lipinski definition) is 2. The van der Waals surface area contributed by atoms with Crippen molar-refractivity contribution in [3.8, 4) is 16.9 Å². The van der Waals surface area contributed by atoms with Crippen molar-refractivity contribution in [3.05, 3.63) is 53.1 Å². The van der Waals surface area contributed by atoms with E-state index in [-0.39, 0.29) is 6.61 Å². The van der Waals surface area contributed by atoms with E-state index >= 15 is 0 Å². The molecule has 0 amide bonds. The van der Waals surface area contributed by atoms with Crippen molar-refractivity contribution in [1.29, 1.82) is 0 Å². The first-order valence-electron chi connectivity index (χ1n) is 7.67. The van der Waals surface area contributed by atoms with Crippen molar-refractivity contribution in [3.63, 3.8) is 0 Å². The molecule has 0 fully saturated rings. The molecule has 4 nitrogen and oxygen atoms in total. The lowest BCUT2D eigenvalue weighted by Crippen LogP contribution is -2.26. The predicted octanol–water partition coefficient (Wildman–Crippen LogP) is 3.70. The van der Waals surface area contributed by atoms with E-state index < -0.39 is 12.1 Å². The third-order valence-electron chi connectivity index (χ3n) is 3.81. The van der Waals surface area contributed by atoms with Gasteiger partial charge in [0.05, 0.1) is 6.61 Å². The molecule has 2 rings (SSSR count). The molecule has 1 unspecified atom stereocenters. The summed E-state index contributed by atoms with van der Waals surface area (Å²) in [6, 6.07) is 11.7. The topological polar surface area (TPSA) is 66.8 Å². The van der Waals surface area contributed by atoms with Crippen molar-refractivity contribution in [1.82, 2.24) is 0 Å². The molecule has 0 aliphatic carbocycles. The van der Waals surface area contributed by atoms with Gasteiger partial charge in [-0.3, -0.25) is 0 Å². The Bertz CT molecular complexity index is 683. The van der Waals surface area contributed by atoms with Gasteiger partial charge >= 0.3 is 5.97 Å². The van der Waals surface area contributed by atoms with Crippen molar-refractivity contribution in [2.45, 2.75) is 39.9 Å². The van der Waals surface area contributed by atoms with Crippen LogP contribution in [-0.2, 0) is 11.4 Å². The minimum atomic E-state index is -0.953. The highest BCUT2D eigenvalue weighted by molar-refractivity contribution is 5.73. The number of aliphatic carboxylic acids is 1. The number of carbonyl (C=O) groups is 1. The largest absolute Gasteiger partial charge is 0.479 e. The van der Waals surface area contributed by atoms with Crippen molar-refractivity contribution in [2.75, 3.05) is 0 Å². The maximum Gasteiger partial charge on any atom is 0.344 e. The van der Waals surface area contributed by atoms with Crippen LogP contribution in [0, 0.1) is 13.8 Å². The van der Waals surface area contributed by atoms with E-state index in [0.717, 1.165) is 27.8 Å². The lowest BCUT2D eigenvalue weighted by molar-refractivity contribution is -0.145. The Morgan fingerprint density at radius 1 is 1.13 bits per heavy atom. The van der Waals surface area contributed by atoms with Gasteiger partial charge < -0.3 is 14.9 Å². The highest BCUT2D eigenvalue weighted by atomic mass is 16.5. The summed E-state index contributed by atoms with van der Waals surface area (Å²) in [5.41, 5.74) is 4.68. The number of hydrogen-bond acceptors (Lipinski definition) is 3. The van der Waals surface area contributed by atoms with E-state index in [0.29, 0.717) is 12.2 Å². The Balaban J connectivity index is 2.38. The van der Waals surface area contributed by atoms with Crippen LogP contribution >= 0.6 is 0 Å². The Labute approximate surface area is 136 Å². The van der Waals surface area contributed by atoms with E-state index in [1.165, 1.54) is 0 Å². The molecular formula is C19H22O4. The van der Waals surface area contributed by atoms with Crippen LogP contribution in [0.5, 0.6) is 5.75 Å². The van der Waals surface area contributed by atoms with E-state index in [2.05, 4.69) is 0 Å². The van der Waals surface area contributed by atoms with Gasteiger partial charge in [-0.2, -0.15) is 0 Å². The molecule has 1 atom stereocenters. The second-order valence-corrected chi connectivity index (χ2v) is 5.65. The summed E-state index contributed by atoms with van der Waals surface area (Å²) in [7, 11) is 0. The van der Waals surface area contributed by atoms with Gasteiger partial charge in [-0.25, -0.2) is 4.79 Å². The Morgan fingerprint density at radius 3 is 2.30 bits per heavy atom. The Morgan fingerprint density at radius 2 is 1.78 bits per heavy atom. The maximum atomic E-state index is 11.2. The Hall–Kier alpha value is -2.33. The quantitative estimate of drug-likeness (QED) is 0.853. The van der Waals surface area contributed by atoms with Crippen molar-refractivity contribution >= 4 is 5.97 Å². The molecule has 23 heavy (non-hydrogen) atoms. The Kier molecular flexibility index (Phi) is 5.40. The maximum absolute atomic E-state index is 11.2. The fourth-order valence-corrected chi connectivity index (χ4v) is 2.60. The van der Waals surface area contributed by atoms with Gasteiger partial charge in [0.15, 0.2) is 6.10 Å². The van der Waals surface area contributed by atoms with Crippen molar-refractivity contribution in [2.24, 2.45) is 0 Å². The number of benzene rings is 2. The van der Waals surface area contributed by atoms with Crippen LogP contribution in [0.1, 0.15) is 30.0 Å². The fraction of sp³-hybridized carbons (Fsp3) is 0.316. The van der Waals surface area contributed by atoms with E-state index in [1.807, 2.05) is 50.2 Å². The fourth-order valence-electron chi connectivity index (χ4n) is 2.60. The minimum absolute atomic E-state index is 0.00376. The summed E-state index contributed by atoms with van der Waals surface area (Å²) >= 11 is 0. The van der Waals surface area contributed by atoms with Crippen molar-refractivity contribution < 1.29 is 19.7 Å². The van der Waals surface area contributed by atoms with E-state index in [1.54, 1.807) is 6.92 Å². The van der Waals surface area contributed by atoms with Gasteiger partial charge in [0.2, 0.25) is 0 Å². The van der Waals surface area contributed by atoms with E-state index in [4.69, 9.17) is 9.84 Å². The number of ether oxygens (including phenoxy) is 1. The molecule has 0 aliphatic rings. The van der Waals surface area contributed by atoms with Crippen LogP contribution < -0.4 is 4.74 Å². The van der Waals surface area contributed by atoms with E-state index in [9.17, 15) is 9.90 Å². The van der Waals surface area contributed by atoms with Crippen LogP contribution in [0.15, 0.2) is 36.4 Å². The third-order valence-corrected chi connectivity index (χ3v) is 3.81. The third kappa shape index (κ3) is 3.90. The first-order valence-corrected chi connectivity index (χ1v) is 7.67. The average molecular weight is 314 g/mol. The highest BCUT2D eigenvalue weighted by Gasteiger charge is 2.19. The molecule has 0 radical (unpaired) electrons. The minimum Gasteiger partial charge on any atom is -0.479 e. The smallest absolute Gasteiger partial charge is 0.344 e. The standard InChI is InChI=1S/C19H22O4/c1-4-17(19(21)22)23-18-12(2)8-16(9-13(18)3)15-7-5-6-14(10-15)11-20/h5-10,17,20H,4,11H2,1-3H3,(H,21,22). The average Bonchev–Trinajstić information content (AvgIpc) is 2.54. The summed E-state index contributed by atoms with van der Waals surface area (Å²) in [4.78, 5) is 11.2. The zero-order valence-corrected chi connectivity index (χ0v) is 13.7. The summed E-state index contributed by atoms with van der Waals surface area (Å²) in [6.07, 6.45) is -0.426. The number of aliphatic hydroxyl groups excluding tert-OH is 1. The first kappa shape index (κ1) is 17.0. The van der Waals surface area contributed by atoms with Crippen LogP contribution in [0.3, 0.4) is 0 Å². The van der Waals surface area contributed by atoms with Crippen LogP contribution in [0.25, 0.3) is 11.1 Å². The molecule has 2 aromatic rings. The second kappa shape index (κ2) is 7.29. The highest BCUT2D eigenvalue weighted by Crippen LogP contribution is 2.31. The van der Waals surface area contributed by atoms with Gasteiger partial charge in [0.25, 0.3) is 0 Å². The van der Waals surface area contributed by atoms with Crippen LogP contribution in [0.2, 0.25) is 0 Å². The molecule has 0 saturated carbocycles. The molecular weight excluding hydrogens is 292 g/mol. The van der Waals surface area contributed by atoms with Gasteiger partial charge in [0, 0.05) is 0 Å². The molecule has 0 heterocycles. The number of rotatable bonds is 6. The second-order valence-electron chi connectivity index (χ2n) is 5.65. The zero-order chi connectivity index (χ0) is 17.0. The summed E-state index contributed by atoms with van der Waals surface area (Å²) in [5.74, 6) is -0.327. The lowest BCUT2D eigenvalue weighted by atomic mass is 9.98. The lowest BCUT2D eigenvalue weighted by Gasteiger charge is -2.18. The number of carboxylic acids is 1. The molecule has 2 aromatic carbocycles. The van der Waals surface area contributed by atoms with Gasteiger partial charge in [-0.15, -0.1) is 0 Å². The molecule has 0 aliphatic heterocycles. The summed E-state index contributed by atoms with van der Waals surface area (Å²) in [5, 5.41) is 18.4. The van der Waals surface area contributed by atoms with Crippen LogP contribution in [0.4, 0.5) is 0 Å². The molecule has 0 bridgehead atoms. The molecule has 0 spiro atoms. The number of aliphatic hydroxyl groups is 1. The SMILES string of the molecule is CCC(Oc1c(C)cc(-c2cccc(CO)c2)cc1C)C(=O)O. The van der Waals surface area contributed by atoms with Gasteiger partial charge in [0.1, 0.15) is 5.75 Å². The summed E-state index contributed by atoms with van der Waals surface area (Å²) in [6.45, 7) is 5.62. The predicted molar refractivity (Wildman–Crippen MR) is 89.6 cm³/mol. The summed E-state index contributed by atoms with van der Waals surface area (Å²) < 4.78 is 5.68. The van der Waals surface area contributed by atoms with Gasteiger partial charge in [-0.05, 0) is 66.3 Å². The molecule has 122 valence electrons. The monoisotopic (exact) mass is 314 g/mol. The molecule has 0 saturated heterocycles. The van der Waals surface area contributed by atoms with Crippen LogP contribution in [-0.4, -0.2) is 22.3 Å².